The van der Waals surface area contributed by atoms with Crippen LogP contribution in [0.5, 0.6) is 0 Å². The number of nitrogens with zero attached hydrogens (tertiary/aromatic N) is 1. The second-order valence-electron chi connectivity index (χ2n) is 4.59. The highest BCUT2D eigenvalue weighted by molar-refractivity contribution is 7.12. The van der Waals surface area contributed by atoms with Crippen molar-refractivity contribution in [1.29, 1.82) is 0 Å². The van der Waals surface area contributed by atoms with Crippen LogP contribution in [0.15, 0.2) is 12.1 Å². The van der Waals surface area contributed by atoms with E-state index >= 15 is 0 Å². The largest absolute Gasteiger partial charge is 0.326 e. The van der Waals surface area contributed by atoms with E-state index in [9.17, 15) is 0 Å². The molecule has 1 aromatic heterocycles. The maximum absolute atomic E-state index is 6.33. The summed E-state index contributed by atoms with van der Waals surface area (Å²) in [4.78, 5) is 5.31. The second-order valence-corrected chi connectivity index (χ2v) is 5.91. The van der Waals surface area contributed by atoms with Gasteiger partial charge in [0.1, 0.15) is 0 Å². The summed E-state index contributed by atoms with van der Waals surface area (Å²) < 4.78 is 0. The molecule has 0 aliphatic rings. The number of nitrogens with two attached hydrogens (primary N) is 1. The summed E-state index contributed by atoms with van der Waals surface area (Å²) in [7, 11) is 0. The lowest BCUT2D eigenvalue weighted by molar-refractivity contribution is 0.181. The molecule has 0 aliphatic carbocycles. The van der Waals surface area contributed by atoms with Gasteiger partial charge in [0.05, 0.1) is 6.04 Å². The summed E-state index contributed by atoms with van der Waals surface area (Å²) in [6, 6.07) is 5.08. The first-order valence-corrected chi connectivity index (χ1v) is 7.51. The Hall–Kier alpha value is -0.380. The average Bonchev–Trinajstić information content (AvgIpc) is 2.74. The highest BCUT2D eigenvalue weighted by Gasteiger charge is 2.25. The Balaban J connectivity index is 2.93. The molecule has 0 amide bonds. The van der Waals surface area contributed by atoms with Crippen LogP contribution in [-0.2, 0) is 0 Å². The SMILES string of the molecule is CCCN(CC)C(c1ccc(C)s1)C(N)CC. The number of rotatable bonds is 7. The predicted octanol–water partition coefficient (Wildman–Crippen LogP) is 3.57. The zero-order chi connectivity index (χ0) is 12.8. The lowest BCUT2D eigenvalue weighted by atomic mass is 10.0. The molecule has 2 nitrogen and oxygen atoms in total. The molecule has 0 radical (unpaired) electrons. The van der Waals surface area contributed by atoms with Crippen LogP contribution in [0.4, 0.5) is 0 Å². The third-order valence-corrected chi connectivity index (χ3v) is 4.31. The van der Waals surface area contributed by atoms with Gasteiger partial charge in [0.15, 0.2) is 0 Å². The predicted molar refractivity (Wildman–Crippen MR) is 77.6 cm³/mol. The summed E-state index contributed by atoms with van der Waals surface area (Å²) in [6.45, 7) is 11.0. The fraction of sp³-hybridized carbons (Fsp3) is 0.714. The maximum atomic E-state index is 6.33. The Morgan fingerprint density at radius 1 is 1.29 bits per heavy atom. The molecule has 17 heavy (non-hydrogen) atoms. The third kappa shape index (κ3) is 3.80. The van der Waals surface area contributed by atoms with Gasteiger partial charge in [-0.15, -0.1) is 11.3 Å². The summed E-state index contributed by atoms with van der Waals surface area (Å²) in [5.41, 5.74) is 6.33. The molecule has 1 heterocycles. The number of aryl methyl sites for hydroxylation is 1. The summed E-state index contributed by atoms with van der Waals surface area (Å²) >= 11 is 1.89. The van der Waals surface area contributed by atoms with Crippen molar-refractivity contribution in [2.24, 2.45) is 5.73 Å². The van der Waals surface area contributed by atoms with E-state index in [1.54, 1.807) is 0 Å². The Labute approximate surface area is 110 Å². The van der Waals surface area contributed by atoms with Crippen LogP contribution in [0.3, 0.4) is 0 Å². The van der Waals surface area contributed by atoms with Gasteiger partial charge >= 0.3 is 0 Å². The van der Waals surface area contributed by atoms with Gasteiger partial charge in [-0.2, -0.15) is 0 Å². The molecule has 2 atom stereocenters. The van der Waals surface area contributed by atoms with E-state index in [4.69, 9.17) is 5.73 Å². The van der Waals surface area contributed by atoms with Gasteiger partial charge in [-0.3, -0.25) is 4.90 Å². The average molecular weight is 254 g/mol. The quantitative estimate of drug-likeness (QED) is 0.806. The summed E-state index contributed by atoms with van der Waals surface area (Å²) in [5, 5.41) is 0. The highest BCUT2D eigenvalue weighted by Crippen LogP contribution is 2.30. The van der Waals surface area contributed by atoms with Crippen LogP contribution in [0, 0.1) is 6.92 Å². The monoisotopic (exact) mass is 254 g/mol. The fourth-order valence-corrected chi connectivity index (χ4v) is 3.37. The van der Waals surface area contributed by atoms with Crippen molar-refractivity contribution < 1.29 is 0 Å². The zero-order valence-corrected chi connectivity index (χ0v) is 12.4. The standard InChI is InChI=1S/C14H26N2S/c1-5-10-16(7-3)14(12(15)6-2)13-9-8-11(4)17-13/h8-9,12,14H,5-7,10,15H2,1-4H3. The Kier molecular flexibility index (Phi) is 6.17. The minimum atomic E-state index is 0.236. The van der Waals surface area contributed by atoms with Crippen LogP contribution < -0.4 is 5.73 Å². The van der Waals surface area contributed by atoms with Crippen molar-refractivity contribution in [3.8, 4) is 0 Å². The van der Waals surface area contributed by atoms with Crippen molar-refractivity contribution >= 4 is 11.3 Å². The fourth-order valence-electron chi connectivity index (χ4n) is 2.28. The highest BCUT2D eigenvalue weighted by atomic mass is 32.1. The molecular formula is C14H26N2S. The van der Waals surface area contributed by atoms with E-state index < -0.39 is 0 Å². The number of likely N-dealkylation sites (N-methyl/N-ethyl adjacent to an activating group) is 1. The van der Waals surface area contributed by atoms with Gasteiger partial charge in [0.2, 0.25) is 0 Å². The van der Waals surface area contributed by atoms with Crippen LogP contribution in [0.1, 0.15) is 49.4 Å². The molecular weight excluding hydrogens is 228 g/mol. The van der Waals surface area contributed by atoms with E-state index in [1.165, 1.54) is 16.2 Å². The van der Waals surface area contributed by atoms with Crippen LogP contribution in [0.25, 0.3) is 0 Å². The lowest BCUT2D eigenvalue weighted by Gasteiger charge is -2.33. The Morgan fingerprint density at radius 3 is 2.41 bits per heavy atom. The number of hydrogen-bond donors (Lipinski definition) is 1. The van der Waals surface area contributed by atoms with E-state index in [2.05, 4.69) is 44.7 Å². The molecule has 1 rings (SSSR count). The molecule has 0 spiro atoms. The lowest BCUT2D eigenvalue weighted by Crippen LogP contribution is -2.40. The molecule has 0 aromatic carbocycles. The minimum Gasteiger partial charge on any atom is -0.326 e. The molecule has 0 fully saturated rings. The van der Waals surface area contributed by atoms with Gasteiger partial charge in [-0.1, -0.05) is 20.8 Å². The first-order chi connectivity index (χ1) is 8.13. The van der Waals surface area contributed by atoms with Crippen molar-refractivity contribution in [3.63, 3.8) is 0 Å². The smallest absolute Gasteiger partial charge is 0.0593 e. The minimum absolute atomic E-state index is 0.236. The first-order valence-electron chi connectivity index (χ1n) is 6.69. The normalized spacial score (nSPS) is 15.2. The molecule has 3 heteroatoms. The molecule has 98 valence electrons. The first kappa shape index (κ1) is 14.7. The van der Waals surface area contributed by atoms with Gasteiger partial charge in [0.25, 0.3) is 0 Å². The maximum Gasteiger partial charge on any atom is 0.0593 e. The molecule has 2 N–H and O–H groups in total. The topological polar surface area (TPSA) is 29.3 Å². The Morgan fingerprint density at radius 2 is 2.00 bits per heavy atom. The van der Waals surface area contributed by atoms with E-state index in [0.717, 1.165) is 19.5 Å². The van der Waals surface area contributed by atoms with E-state index in [-0.39, 0.29) is 6.04 Å². The Bertz CT molecular complexity index is 322. The van der Waals surface area contributed by atoms with Gasteiger partial charge in [-0.25, -0.2) is 0 Å². The van der Waals surface area contributed by atoms with Crippen LogP contribution >= 0.6 is 11.3 Å². The van der Waals surface area contributed by atoms with Gasteiger partial charge in [-0.05, 0) is 45.0 Å². The molecule has 0 saturated carbocycles. The summed E-state index contributed by atoms with van der Waals surface area (Å²) in [6.07, 6.45) is 2.22. The van der Waals surface area contributed by atoms with E-state index in [1.807, 2.05) is 11.3 Å². The third-order valence-electron chi connectivity index (χ3n) is 3.24. The van der Waals surface area contributed by atoms with Crippen LogP contribution in [-0.4, -0.2) is 24.0 Å². The number of thiophene rings is 1. The van der Waals surface area contributed by atoms with Crippen molar-refractivity contribution in [2.45, 2.75) is 52.6 Å². The van der Waals surface area contributed by atoms with Gasteiger partial charge in [0, 0.05) is 15.8 Å². The molecule has 0 aliphatic heterocycles. The van der Waals surface area contributed by atoms with Crippen molar-refractivity contribution in [1.82, 2.24) is 4.90 Å². The van der Waals surface area contributed by atoms with E-state index in [0.29, 0.717) is 6.04 Å². The van der Waals surface area contributed by atoms with Crippen LogP contribution in [0.2, 0.25) is 0 Å². The van der Waals surface area contributed by atoms with Gasteiger partial charge < -0.3 is 5.73 Å². The second kappa shape index (κ2) is 7.14. The molecule has 0 saturated heterocycles. The van der Waals surface area contributed by atoms with Crippen molar-refractivity contribution in [2.75, 3.05) is 13.1 Å². The number of hydrogen-bond acceptors (Lipinski definition) is 3. The molecule has 0 bridgehead atoms. The zero-order valence-electron chi connectivity index (χ0n) is 11.6. The molecule has 2 unspecified atom stereocenters. The summed E-state index contributed by atoms with van der Waals surface area (Å²) in [5.74, 6) is 0. The van der Waals surface area contributed by atoms with Crippen molar-refractivity contribution in [3.05, 3.63) is 21.9 Å². The molecule has 1 aromatic rings.